The lowest BCUT2D eigenvalue weighted by atomic mass is 10.1. The first-order valence-electron chi connectivity index (χ1n) is 11.1. The van der Waals surface area contributed by atoms with Crippen molar-refractivity contribution in [3.8, 4) is 0 Å². The summed E-state index contributed by atoms with van der Waals surface area (Å²) in [6.45, 7) is 7.30. The number of hydrogen-bond donors (Lipinski definition) is 0. The number of hydrogen-bond acceptors (Lipinski definition) is 4. The SMILES string of the molecule is Cc1ccc(N2C[C@H](C)Cn3c2nc2c3c(=O)n(Cc3c(F)cccc3Cl)c(=O)n2C)cc1C. The smallest absolute Gasteiger partial charge is 0.312 e. The molecule has 176 valence electrons. The summed E-state index contributed by atoms with van der Waals surface area (Å²) in [6, 6.07) is 10.5. The molecule has 2 aromatic carbocycles. The van der Waals surface area contributed by atoms with Gasteiger partial charge in [-0.05, 0) is 55.2 Å². The first kappa shape index (κ1) is 22.4. The summed E-state index contributed by atoms with van der Waals surface area (Å²) in [5.74, 6) is 0.286. The molecule has 1 aliphatic rings. The zero-order chi connectivity index (χ0) is 24.3. The molecule has 9 heteroatoms. The second kappa shape index (κ2) is 8.13. The Morgan fingerprint density at radius 2 is 1.88 bits per heavy atom. The summed E-state index contributed by atoms with van der Waals surface area (Å²) in [4.78, 5) is 33.6. The van der Waals surface area contributed by atoms with Crippen LogP contribution in [-0.2, 0) is 20.1 Å². The summed E-state index contributed by atoms with van der Waals surface area (Å²) < 4.78 is 18.7. The highest BCUT2D eigenvalue weighted by atomic mass is 35.5. The van der Waals surface area contributed by atoms with Crippen LogP contribution in [0, 0.1) is 25.6 Å². The second-order valence-electron chi connectivity index (χ2n) is 9.11. The molecule has 0 bridgehead atoms. The van der Waals surface area contributed by atoms with Gasteiger partial charge in [0.1, 0.15) is 5.82 Å². The molecule has 1 aliphatic heterocycles. The highest BCUT2D eigenvalue weighted by molar-refractivity contribution is 6.31. The Morgan fingerprint density at radius 1 is 1.12 bits per heavy atom. The molecule has 0 saturated carbocycles. The lowest BCUT2D eigenvalue weighted by Gasteiger charge is -2.33. The maximum atomic E-state index is 14.4. The molecule has 7 nitrogen and oxygen atoms in total. The first-order chi connectivity index (χ1) is 16.2. The van der Waals surface area contributed by atoms with Crippen molar-refractivity contribution in [2.24, 2.45) is 13.0 Å². The van der Waals surface area contributed by atoms with Gasteiger partial charge in [0.25, 0.3) is 5.56 Å². The Balaban J connectivity index is 1.74. The van der Waals surface area contributed by atoms with Crippen LogP contribution in [0.25, 0.3) is 11.2 Å². The van der Waals surface area contributed by atoms with Crippen LogP contribution in [0.1, 0.15) is 23.6 Å². The molecule has 0 saturated heterocycles. The number of rotatable bonds is 3. The van der Waals surface area contributed by atoms with E-state index >= 15 is 0 Å². The van der Waals surface area contributed by atoms with Gasteiger partial charge in [0.05, 0.1) is 6.54 Å². The van der Waals surface area contributed by atoms with Gasteiger partial charge in [0.2, 0.25) is 5.95 Å². The summed E-state index contributed by atoms with van der Waals surface area (Å²) in [5.41, 5.74) is 2.99. The predicted octanol–water partition coefficient (Wildman–Crippen LogP) is 4.14. The molecular weight excluding hydrogens is 457 g/mol. The van der Waals surface area contributed by atoms with E-state index in [-0.39, 0.29) is 23.0 Å². The van der Waals surface area contributed by atoms with Crippen molar-refractivity contribution in [2.45, 2.75) is 33.9 Å². The van der Waals surface area contributed by atoms with Gasteiger partial charge >= 0.3 is 5.69 Å². The Kier molecular flexibility index (Phi) is 5.36. The van der Waals surface area contributed by atoms with Crippen LogP contribution in [0.4, 0.5) is 16.0 Å². The van der Waals surface area contributed by atoms with Gasteiger partial charge < -0.3 is 9.47 Å². The van der Waals surface area contributed by atoms with Crippen molar-refractivity contribution in [1.82, 2.24) is 18.7 Å². The lowest BCUT2D eigenvalue weighted by Crippen LogP contribution is -2.41. The quantitative estimate of drug-likeness (QED) is 0.441. The van der Waals surface area contributed by atoms with Gasteiger partial charge in [0.15, 0.2) is 11.2 Å². The fourth-order valence-corrected chi connectivity index (χ4v) is 4.82. The number of halogens is 2. The second-order valence-corrected chi connectivity index (χ2v) is 9.52. The minimum atomic E-state index is -0.571. The number of nitrogens with zero attached hydrogens (tertiary/aromatic N) is 5. The number of fused-ring (bicyclic) bond motifs is 3. The summed E-state index contributed by atoms with van der Waals surface area (Å²) in [5, 5.41) is 0.166. The van der Waals surface area contributed by atoms with Crippen LogP contribution in [0.15, 0.2) is 46.0 Å². The van der Waals surface area contributed by atoms with Crippen LogP contribution < -0.4 is 16.1 Å². The van der Waals surface area contributed by atoms with E-state index in [2.05, 4.69) is 37.8 Å². The maximum Gasteiger partial charge on any atom is 0.332 e. The Morgan fingerprint density at radius 3 is 2.59 bits per heavy atom. The molecule has 0 radical (unpaired) electrons. The molecule has 5 rings (SSSR count). The average molecular weight is 482 g/mol. The molecule has 0 spiro atoms. The van der Waals surface area contributed by atoms with Crippen molar-refractivity contribution in [2.75, 3.05) is 11.4 Å². The number of aryl methyl sites for hydroxylation is 3. The first-order valence-corrected chi connectivity index (χ1v) is 11.5. The van der Waals surface area contributed by atoms with Gasteiger partial charge in [0, 0.05) is 36.4 Å². The molecule has 4 aromatic rings. The van der Waals surface area contributed by atoms with E-state index in [1.54, 1.807) is 7.05 Å². The third-order valence-electron chi connectivity index (χ3n) is 6.62. The molecule has 1 atom stereocenters. The van der Waals surface area contributed by atoms with Crippen LogP contribution in [0.5, 0.6) is 0 Å². The average Bonchev–Trinajstić information content (AvgIpc) is 3.18. The lowest BCUT2D eigenvalue weighted by molar-refractivity contribution is 0.458. The summed E-state index contributed by atoms with van der Waals surface area (Å²) in [6.07, 6.45) is 0. The Bertz CT molecular complexity index is 1550. The standard InChI is InChI=1S/C25H25ClFN5O2/c1-14-11-30(17-9-8-15(2)16(3)10-17)24-28-22-21(31(24)12-14)23(33)32(25(34)29(22)4)13-18-19(26)6-5-7-20(18)27/h5-10,14H,11-13H2,1-4H3/t14-/m0/s1. The van der Waals surface area contributed by atoms with Gasteiger partial charge in [-0.15, -0.1) is 0 Å². The monoisotopic (exact) mass is 481 g/mol. The van der Waals surface area contributed by atoms with Gasteiger partial charge in [-0.25, -0.2) is 9.18 Å². The highest BCUT2D eigenvalue weighted by Gasteiger charge is 2.30. The topological polar surface area (TPSA) is 65.1 Å². The van der Waals surface area contributed by atoms with Crippen LogP contribution in [-0.4, -0.2) is 25.2 Å². The van der Waals surface area contributed by atoms with E-state index in [0.717, 1.165) is 22.4 Å². The largest absolute Gasteiger partial charge is 0.332 e. The molecule has 2 aromatic heterocycles. The molecule has 0 aliphatic carbocycles. The molecule has 34 heavy (non-hydrogen) atoms. The normalized spacial score (nSPS) is 15.7. The van der Waals surface area contributed by atoms with E-state index in [9.17, 15) is 14.0 Å². The van der Waals surface area contributed by atoms with E-state index in [1.807, 2.05) is 10.6 Å². The van der Waals surface area contributed by atoms with Gasteiger partial charge in [-0.2, -0.15) is 4.98 Å². The third-order valence-corrected chi connectivity index (χ3v) is 6.98. The Labute approximate surface area is 200 Å². The summed E-state index contributed by atoms with van der Waals surface area (Å²) >= 11 is 6.18. The van der Waals surface area contributed by atoms with Crippen LogP contribution >= 0.6 is 11.6 Å². The Hall–Kier alpha value is -3.39. The van der Waals surface area contributed by atoms with E-state index in [0.29, 0.717) is 23.7 Å². The minimum Gasteiger partial charge on any atom is -0.312 e. The highest BCUT2D eigenvalue weighted by Crippen LogP contribution is 2.33. The third kappa shape index (κ3) is 3.44. The van der Waals surface area contributed by atoms with Crippen molar-refractivity contribution in [3.05, 3.63) is 84.8 Å². The zero-order valence-corrected chi connectivity index (χ0v) is 20.2. The van der Waals surface area contributed by atoms with Gasteiger partial charge in [-0.3, -0.25) is 13.9 Å². The fraction of sp³-hybridized carbons (Fsp3) is 0.320. The number of benzene rings is 2. The molecule has 0 N–H and O–H groups in total. The van der Waals surface area contributed by atoms with Crippen LogP contribution in [0.3, 0.4) is 0 Å². The van der Waals surface area contributed by atoms with E-state index < -0.39 is 17.1 Å². The maximum absolute atomic E-state index is 14.4. The molecule has 0 fully saturated rings. The number of anilines is 2. The fourth-order valence-electron chi connectivity index (χ4n) is 4.60. The minimum absolute atomic E-state index is 0.103. The van der Waals surface area contributed by atoms with Crippen LogP contribution in [0.2, 0.25) is 5.02 Å². The summed E-state index contributed by atoms with van der Waals surface area (Å²) in [7, 11) is 1.58. The molecule has 0 unspecified atom stereocenters. The number of aromatic nitrogens is 4. The van der Waals surface area contributed by atoms with Crippen molar-refractivity contribution < 1.29 is 4.39 Å². The molecule has 0 amide bonds. The van der Waals surface area contributed by atoms with Crippen molar-refractivity contribution >= 4 is 34.4 Å². The molecular formula is C25H25ClFN5O2. The van der Waals surface area contributed by atoms with E-state index in [1.165, 1.54) is 28.3 Å². The number of imidazole rings is 1. The zero-order valence-electron chi connectivity index (χ0n) is 19.5. The van der Waals surface area contributed by atoms with Gasteiger partial charge in [-0.1, -0.05) is 30.7 Å². The predicted molar refractivity (Wildman–Crippen MR) is 132 cm³/mol. The van der Waals surface area contributed by atoms with Crippen molar-refractivity contribution in [1.29, 1.82) is 0 Å². The van der Waals surface area contributed by atoms with E-state index in [4.69, 9.17) is 16.6 Å². The van der Waals surface area contributed by atoms with Crippen molar-refractivity contribution in [3.63, 3.8) is 0 Å². The molecule has 3 heterocycles.